The van der Waals surface area contributed by atoms with Crippen molar-refractivity contribution >= 4 is 17.6 Å². The van der Waals surface area contributed by atoms with Gasteiger partial charge in [-0.3, -0.25) is 19.7 Å². The van der Waals surface area contributed by atoms with Crippen molar-refractivity contribution in [2.75, 3.05) is 13.1 Å². The zero-order valence-electron chi connectivity index (χ0n) is 13.0. The number of benzene rings is 1. The molecule has 0 radical (unpaired) electrons. The number of carbonyl (C=O) groups excluding carboxylic acids is 1. The fourth-order valence-corrected chi connectivity index (χ4v) is 2.97. The van der Waals surface area contributed by atoms with Crippen molar-refractivity contribution < 1.29 is 19.6 Å². The molecule has 0 aliphatic carbocycles. The Kier molecular flexibility index (Phi) is 5.31. The molecule has 23 heavy (non-hydrogen) atoms. The van der Waals surface area contributed by atoms with Crippen molar-refractivity contribution in [3.05, 3.63) is 39.9 Å². The Morgan fingerprint density at radius 3 is 2.78 bits per heavy atom. The third kappa shape index (κ3) is 4.51. The van der Waals surface area contributed by atoms with Gasteiger partial charge < -0.3 is 10.0 Å². The Labute approximate surface area is 134 Å². The molecule has 7 nitrogen and oxygen atoms in total. The number of nitro groups is 1. The predicted octanol–water partition coefficient (Wildman–Crippen LogP) is 2.10. The molecule has 0 bridgehead atoms. The van der Waals surface area contributed by atoms with Crippen LogP contribution in [0, 0.1) is 22.0 Å². The molecule has 1 aliphatic heterocycles. The summed E-state index contributed by atoms with van der Waals surface area (Å²) in [5, 5.41) is 19.9. The van der Waals surface area contributed by atoms with E-state index in [2.05, 4.69) is 0 Å². The molecule has 0 saturated carbocycles. The highest BCUT2D eigenvalue weighted by atomic mass is 16.6. The van der Waals surface area contributed by atoms with Gasteiger partial charge in [-0.05, 0) is 24.3 Å². The molecular weight excluding hydrogens is 300 g/mol. The average molecular weight is 320 g/mol. The maximum atomic E-state index is 12.3. The zero-order valence-corrected chi connectivity index (χ0v) is 13.0. The number of hydrogen-bond donors (Lipinski definition) is 1. The lowest BCUT2D eigenvalue weighted by atomic mass is 9.90. The zero-order chi connectivity index (χ0) is 17.0. The lowest BCUT2D eigenvalue weighted by Crippen LogP contribution is -2.45. The molecule has 0 aromatic heterocycles. The van der Waals surface area contributed by atoms with Crippen LogP contribution in [0.5, 0.6) is 0 Å². The van der Waals surface area contributed by atoms with Crippen LogP contribution in [0.15, 0.2) is 24.3 Å². The van der Waals surface area contributed by atoms with Crippen LogP contribution in [0.25, 0.3) is 0 Å². The molecule has 1 amide bonds. The molecule has 1 aliphatic rings. The lowest BCUT2D eigenvalue weighted by Gasteiger charge is -2.34. The fraction of sp³-hybridized carbons (Fsp3) is 0.500. The summed E-state index contributed by atoms with van der Waals surface area (Å²) < 4.78 is 0. The summed E-state index contributed by atoms with van der Waals surface area (Å²) in [7, 11) is 0. The fourth-order valence-electron chi connectivity index (χ4n) is 2.97. The van der Waals surface area contributed by atoms with E-state index in [1.807, 2.05) is 6.92 Å². The van der Waals surface area contributed by atoms with Gasteiger partial charge in [-0.2, -0.15) is 0 Å². The summed E-state index contributed by atoms with van der Waals surface area (Å²) in [5.74, 6) is -1.32. The van der Waals surface area contributed by atoms with Gasteiger partial charge in [-0.15, -0.1) is 0 Å². The van der Waals surface area contributed by atoms with E-state index in [0.29, 0.717) is 19.4 Å². The van der Waals surface area contributed by atoms with E-state index in [1.54, 1.807) is 17.0 Å². The number of amides is 1. The second-order valence-electron chi connectivity index (χ2n) is 6.10. The van der Waals surface area contributed by atoms with Gasteiger partial charge in [0.15, 0.2) is 0 Å². The summed E-state index contributed by atoms with van der Waals surface area (Å²) in [6.07, 6.45) is 1.22. The van der Waals surface area contributed by atoms with Crippen molar-refractivity contribution in [1.29, 1.82) is 0 Å². The topological polar surface area (TPSA) is 101 Å². The molecule has 2 unspecified atom stereocenters. The summed E-state index contributed by atoms with van der Waals surface area (Å²) >= 11 is 0. The van der Waals surface area contributed by atoms with Crippen LogP contribution in [0.1, 0.15) is 25.3 Å². The minimum absolute atomic E-state index is 0.00693. The van der Waals surface area contributed by atoms with E-state index >= 15 is 0 Å². The number of hydrogen-bond acceptors (Lipinski definition) is 4. The Morgan fingerprint density at radius 2 is 2.13 bits per heavy atom. The smallest absolute Gasteiger partial charge is 0.308 e. The summed E-state index contributed by atoms with van der Waals surface area (Å²) in [6.45, 7) is 2.75. The molecule has 1 aromatic rings. The van der Waals surface area contributed by atoms with E-state index in [4.69, 9.17) is 5.11 Å². The number of rotatable bonds is 5. The number of aliphatic carboxylic acids is 1. The van der Waals surface area contributed by atoms with Crippen LogP contribution in [-0.2, 0) is 16.0 Å². The first-order chi connectivity index (χ1) is 10.9. The second kappa shape index (κ2) is 7.21. The van der Waals surface area contributed by atoms with Gasteiger partial charge in [0.2, 0.25) is 5.91 Å². The first-order valence-electron chi connectivity index (χ1n) is 7.60. The Morgan fingerprint density at radius 1 is 1.39 bits per heavy atom. The van der Waals surface area contributed by atoms with Crippen LogP contribution in [0.2, 0.25) is 0 Å². The minimum Gasteiger partial charge on any atom is -0.481 e. The molecule has 1 saturated heterocycles. The van der Waals surface area contributed by atoms with Crippen molar-refractivity contribution in [2.24, 2.45) is 11.8 Å². The highest BCUT2D eigenvalue weighted by Gasteiger charge is 2.31. The Hall–Kier alpha value is -2.44. The van der Waals surface area contributed by atoms with Crippen LogP contribution >= 0.6 is 0 Å². The van der Waals surface area contributed by atoms with E-state index in [-0.39, 0.29) is 30.5 Å². The van der Waals surface area contributed by atoms with Crippen LogP contribution in [0.4, 0.5) is 5.69 Å². The summed E-state index contributed by atoms with van der Waals surface area (Å²) in [4.78, 5) is 35.3. The number of nitrogens with zero attached hydrogens (tertiary/aromatic N) is 2. The SMILES string of the molecule is CC1CC(C(=O)O)CN(C(=O)CCc2cccc([N+](=O)[O-])c2)C1. The Balaban J connectivity index is 1.95. The number of aryl methyl sites for hydroxylation is 1. The van der Waals surface area contributed by atoms with Crippen LogP contribution < -0.4 is 0 Å². The molecule has 2 atom stereocenters. The van der Waals surface area contributed by atoms with Crippen molar-refractivity contribution in [2.45, 2.75) is 26.2 Å². The van der Waals surface area contributed by atoms with Gasteiger partial charge in [-0.25, -0.2) is 0 Å². The van der Waals surface area contributed by atoms with E-state index in [9.17, 15) is 19.7 Å². The molecule has 2 rings (SSSR count). The number of nitro benzene ring substituents is 1. The summed E-state index contributed by atoms with van der Waals surface area (Å²) in [5.41, 5.74) is 0.736. The van der Waals surface area contributed by atoms with Crippen LogP contribution in [0.3, 0.4) is 0 Å². The van der Waals surface area contributed by atoms with E-state index < -0.39 is 16.8 Å². The molecule has 1 N–H and O–H groups in total. The molecule has 1 aromatic carbocycles. The van der Waals surface area contributed by atoms with Crippen molar-refractivity contribution in [1.82, 2.24) is 4.90 Å². The second-order valence-corrected chi connectivity index (χ2v) is 6.10. The maximum absolute atomic E-state index is 12.3. The largest absolute Gasteiger partial charge is 0.481 e. The summed E-state index contributed by atoms with van der Waals surface area (Å²) in [6, 6.07) is 6.22. The first kappa shape index (κ1) is 16.9. The minimum atomic E-state index is -0.868. The number of likely N-dealkylation sites (tertiary alicyclic amines) is 1. The number of non-ortho nitro benzene ring substituents is 1. The van der Waals surface area contributed by atoms with Gasteiger partial charge in [0.05, 0.1) is 10.8 Å². The van der Waals surface area contributed by atoms with Crippen molar-refractivity contribution in [3.63, 3.8) is 0 Å². The number of piperidine rings is 1. The Bertz CT molecular complexity index is 616. The first-order valence-corrected chi connectivity index (χ1v) is 7.60. The van der Waals surface area contributed by atoms with Gasteiger partial charge >= 0.3 is 5.97 Å². The number of carboxylic acid groups (broad SMARTS) is 1. The standard InChI is InChI=1S/C16H20N2O5/c1-11-7-13(16(20)21)10-17(9-11)15(19)6-5-12-3-2-4-14(8-12)18(22)23/h2-4,8,11,13H,5-7,9-10H2,1H3,(H,20,21). The molecule has 124 valence electrons. The van der Waals surface area contributed by atoms with E-state index in [0.717, 1.165) is 5.56 Å². The third-order valence-corrected chi connectivity index (χ3v) is 4.11. The van der Waals surface area contributed by atoms with Gasteiger partial charge in [0.1, 0.15) is 0 Å². The highest BCUT2D eigenvalue weighted by Crippen LogP contribution is 2.23. The molecule has 1 fully saturated rings. The van der Waals surface area contributed by atoms with Gasteiger partial charge in [0, 0.05) is 31.6 Å². The van der Waals surface area contributed by atoms with E-state index in [1.165, 1.54) is 12.1 Å². The predicted molar refractivity (Wildman–Crippen MR) is 82.9 cm³/mol. The van der Waals surface area contributed by atoms with Gasteiger partial charge in [-0.1, -0.05) is 19.1 Å². The number of carbonyl (C=O) groups is 2. The molecular formula is C16H20N2O5. The highest BCUT2D eigenvalue weighted by molar-refractivity contribution is 5.78. The molecule has 7 heteroatoms. The number of carboxylic acids is 1. The van der Waals surface area contributed by atoms with Gasteiger partial charge in [0.25, 0.3) is 5.69 Å². The average Bonchev–Trinajstić information content (AvgIpc) is 2.52. The lowest BCUT2D eigenvalue weighted by molar-refractivity contribution is -0.384. The third-order valence-electron chi connectivity index (χ3n) is 4.11. The normalized spacial score (nSPS) is 21.0. The maximum Gasteiger partial charge on any atom is 0.308 e. The quantitative estimate of drug-likeness (QED) is 0.661. The van der Waals surface area contributed by atoms with Crippen molar-refractivity contribution in [3.8, 4) is 0 Å². The van der Waals surface area contributed by atoms with Crippen LogP contribution in [-0.4, -0.2) is 39.9 Å². The molecule has 1 heterocycles. The monoisotopic (exact) mass is 320 g/mol. The molecule has 0 spiro atoms.